The lowest BCUT2D eigenvalue weighted by molar-refractivity contribution is 0.108. The third kappa shape index (κ3) is 3.84. The Morgan fingerprint density at radius 3 is 2.83 bits per heavy atom. The number of thioether (sulfide) groups is 1. The Labute approximate surface area is 152 Å². The summed E-state index contributed by atoms with van der Waals surface area (Å²) in [4.78, 5) is 16.9. The van der Waals surface area contributed by atoms with Crippen LogP contribution in [0, 0.1) is 0 Å². The smallest absolute Gasteiger partial charge is 0.219 e. The van der Waals surface area contributed by atoms with Gasteiger partial charge in [0.25, 0.3) is 0 Å². The minimum atomic E-state index is 0.134. The molecule has 0 aliphatic carbocycles. The van der Waals surface area contributed by atoms with E-state index in [2.05, 4.69) is 33.9 Å². The largest absolute Gasteiger partial charge is 0.282 e. The molecule has 0 amide bonds. The number of rotatable bonds is 5. The van der Waals surface area contributed by atoms with Crippen LogP contribution in [0.4, 0.5) is 0 Å². The molecule has 0 aliphatic heterocycles. The lowest BCUT2D eigenvalue weighted by Gasteiger charge is -2.04. The van der Waals surface area contributed by atoms with Gasteiger partial charge < -0.3 is 0 Å². The zero-order valence-corrected chi connectivity index (χ0v) is 15.9. The van der Waals surface area contributed by atoms with Crippen LogP contribution in [-0.4, -0.2) is 15.9 Å². The molecule has 0 atom stereocenters. The molecule has 2 aromatic carbocycles. The molecule has 0 saturated carbocycles. The molecule has 0 aliphatic rings. The molecule has 3 aromatic rings. The third-order valence-corrected chi connectivity index (χ3v) is 6.18. The standard InChI is InChI=1S/C18H16BrNOS2/c1-2-3-10-22-18(21)12-8-9-13(14(19)11-12)17-20-15-6-4-5-7-16(15)23-17/h4-9,11H,2-3,10H2,1H3. The Morgan fingerprint density at radius 2 is 2.09 bits per heavy atom. The predicted molar refractivity (Wildman–Crippen MR) is 104 cm³/mol. The number of hydrogen-bond acceptors (Lipinski definition) is 4. The van der Waals surface area contributed by atoms with Crippen molar-refractivity contribution in [1.29, 1.82) is 0 Å². The van der Waals surface area contributed by atoms with Crippen molar-refractivity contribution in [2.45, 2.75) is 19.8 Å². The number of nitrogens with zero attached hydrogens (tertiary/aromatic N) is 1. The number of carbonyl (C=O) groups excluding carboxylic acids is 1. The van der Waals surface area contributed by atoms with E-state index in [1.165, 1.54) is 16.5 Å². The van der Waals surface area contributed by atoms with Gasteiger partial charge >= 0.3 is 0 Å². The molecule has 5 heteroatoms. The van der Waals surface area contributed by atoms with Crippen molar-refractivity contribution in [2.24, 2.45) is 0 Å². The van der Waals surface area contributed by atoms with Gasteiger partial charge in [-0.05, 0) is 30.7 Å². The number of fused-ring (bicyclic) bond motifs is 1. The lowest BCUT2D eigenvalue weighted by Crippen LogP contribution is -1.95. The van der Waals surface area contributed by atoms with Crippen LogP contribution in [0.5, 0.6) is 0 Å². The summed E-state index contributed by atoms with van der Waals surface area (Å²) in [5.74, 6) is 0.882. The van der Waals surface area contributed by atoms with Crippen LogP contribution in [-0.2, 0) is 0 Å². The molecule has 0 spiro atoms. The van der Waals surface area contributed by atoms with E-state index in [9.17, 15) is 4.79 Å². The second-order valence-corrected chi connectivity index (χ2v) is 8.12. The summed E-state index contributed by atoms with van der Waals surface area (Å²) in [5.41, 5.74) is 2.78. The Balaban J connectivity index is 1.85. The normalized spacial score (nSPS) is 11.0. The molecule has 23 heavy (non-hydrogen) atoms. The van der Waals surface area contributed by atoms with Crippen molar-refractivity contribution in [3.63, 3.8) is 0 Å². The lowest BCUT2D eigenvalue weighted by atomic mass is 10.1. The molecule has 1 aromatic heterocycles. The first kappa shape index (κ1) is 16.7. The maximum atomic E-state index is 12.2. The number of para-hydroxylation sites is 1. The van der Waals surface area contributed by atoms with Gasteiger partial charge in [0.15, 0.2) is 0 Å². The van der Waals surface area contributed by atoms with Crippen LogP contribution in [0.15, 0.2) is 46.9 Å². The van der Waals surface area contributed by atoms with Gasteiger partial charge in [0, 0.05) is 21.4 Å². The molecule has 0 saturated heterocycles. The zero-order valence-electron chi connectivity index (χ0n) is 12.7. The molecular weight excluding hydrogens is 390 g/mol. The molecule has 2 nitrogen and oxygen atoms in total. The van der Waals surface area contributed by atoms with Gasteiger partial charge in [-0.1, -0.05) is 59.2 Å². The van der Waals surface area contributed by atoms with E-state index in [0.717, 1.165) is 44.7 Å². The summed E-state index contributed by atoms with van der Waals surface area (Å²) in [5, 5.41) is 1.10. The van der Waals surface area contributed by atoms with E-state index in [-0.39, 0.29) is 5.12 Å². The van der Waals surface area contributed by atoms with E-state index < -0.39 is 0 Å². The van der Waals surface area contributed by atoms with Crippen molar-refractivity contribution < 1.29 is 4.79 Å². The summed E-state index contributed by atoms with van der Waals surface area (Å²) in [7, 11) is 0. The molecule has 1 heterocycles. The van der Waals surface area contributed by atoms with Gasteiger partial charge in [-0.25, -0.2) is 4.98 Å². The average molecular weight is 406 g/mol. The van der Waals surface area contributed by atoms with Crippen molar-refractivity contribution in [3.05, 3.63) is 52.5 Å². The number of halogens is 1. The van der Waals surface area contributed by atoms with Crippen LogP contribution >= 0.6 is 39.0 Å². The number of carbonyl (C=O) groups is 1. The van der Waals surface area contributed by atoms with E-state index in [1.807, 2.05) is 36.4 Å². The van der Waals surface area contributed by atoms with Crippen molar-refractivity contribution >= 4 is 54.4 Å². The van der Waals surface area contributed by atoms with Gasteiger partial charge in [0.2, 0.25) is 5.12 Å². The highest BCUT2D eigenvalue weighted by molar-refractivity contribution is 9.10. The minimum Gasteiger partial charge on any atom is -0.282 e. The van der Waals surface area contributed by atoms with Crippen molar-refractivity contribution in [1.82, 2.24) is 4.98 Å². The fourth-order valence-electron chi connectivity index (χ4n) is 2.20. The molecule has 0 radical (unpaired) electrons. The molecular formula is C18H16BrNOS2. The first-order chi connectivity index (χ1) is 11.2. The fourth-order valence-corrected chi connectivity index (χ4v) is 4.81. The Morgan fingerprint density at radius 1 is 1.26 bits per heavy atom. The van der Waals surface area contributed by atoms with E-state index in [1.54, 1.807) is 11.3 Å². The Kier molecular flexibility index (Phi) is 5.51. The Hall–Kier alpha value is -1.17. The second-order valence-electron chi connectivity index (χ2n) is 5.17. The van der Waals surface area contributed by atoms with E-state index >= 15 is 0 Å². The fraction of sp³-hybridized carbons (Fsp3) is 0.222. The average Bonchev–Trinajstić information content (AvgIpc) is 2.98. The molecule has 0 unspecified atom stereocenters. The molecule has 3 rings (SSSR count). The summed E-state index contributed by atoms with van der Waals surface area (Å²) in [6, 6.07) is 13.9. The van der Waals surface area contributed by atoms with Crippen molar-refractivity contribution in [3.8, 4) is 10.6 Å². The highest BCUT2D eigenvalue weighted by Crippen LogP contribution is 2.35. The van der Waals surface area contributed by atoms with E-state index in [0.29, 0.717) is 0 Å². The van der Waals surface area contributed by atoms with Crippen LogP contribution < -0.4 is 0 Å². The molecule has 0 fully saturated rings. The summed E-state index contributed by atoms with van der Waals surface area (Å²) in [6.45, 7) is 2.13. The van der Waals surface area contributed by atoms with Gasteiger partial charge in [-0.2, -0.15) is 0 Å². The van der Waals surface area contributed by atoms with Crippen LogP contribution in [0.2, 0.25) is 0 Å². The molecule has 0 N–H and O–H groups in total. The summed E-state index contributed by atoms with van der Waals surface area (Å²) < 4.78 is 2.09. The predicted octanol–water partition coefficient (Wildman–Crippen LogP) is 6.40. The maximum Gasteiger partial charge on any atom is 0.219 e. The second kappa shape index (κ2) is 7.60. The number of aromatic nitrogens is 1. The monoisotopic (exact) mass is 405 g/mol. The van der Waals surface area contributed by atoms with Crippen LogP contribution in [0.1, 0.15) is 30.1 Å². The third-order valence-electron chi connectivity index (χ3n) is 3.46. The first-order valence-electron chi connectivity index (χ1n) is 7.51. The minimum absolute atomic E-state index is 0.134. The zero-order chi connectivity index (χ0) is 16.2. The number of hydrogen-bond donors (Lipinski definition) is 0. The number of unbranched alkanes of at least 4 members (excludes halogenated alkanes) is 1. The SMILES string of the molecule is CCCCSC(=O)c1ccc(-c2nc3ccccc3s2)c(Br)c1. The highest BCUT2D eigenvalue weighted by atomic mass is 79.9. The van der Waals surface area contributed by atoms with Crippen LogP contribution in [0.3, 0.4) is 0 Å². The van der Waals surface area contributed by atoms with Gasteiger partial charge in [-0.3, -0.25) is 4.79 Å². The number of thiazole rings is 1. The quantitative estimate of drug-likeness (QED) is 0.459. The summed E-state index contributed by atoms with van der Waals surface area (Å²) in [6.07, 6.45) is 2.18. The van der Waals surface area contributed by atoms with Gasteiger partial charge in [-0.15, -0.1) is 11.3 Å². The molecule has 118 valence electrons. The van der Waals surface area contributed by atoms with Gasteiger partial charge in [0.05, 0.1) is 10.2 Å². The number of benzene rings is 2. The van der Waals surface area contributed by atoms with Crippen LogP contribution in [0.25, 0.3) is 20.8 Å². The maximum absolute atomic E-state index is 12.2. The highest BCUT2D eigenvalue weighted by Gasteiger charge is 2.13. The van der Waals surface area contributed by atoms with E-state index in [4.69, 9.17) is 0 Å². The topological polar surface area (TPSA) is 30.0 Å². The van der Waals surface area contributed by atoms with Gasteiger partial charge in [0.1, 0.15) is 5.01 Å². The Bertz CT molecular complexity index is 811. The molecule has 0 bridgehead atoms. The first-order valence-corrected chi connectivity index (χ1v) is 10.1. The summed E-state index contributed by atoms with van der Waals surface area (Å²) >= 11 is 6.66. The van der Waals surface area contributed by atoms with Crippen molar-refractivity contribution in [2.75, 3.05) is 5.75 Å².